The molecule has 0 aliphatic rings. The van der Waals surface area contributed by atoms with Gasteiger partial charge >= 0.3 is 0 Å². The van der Waals surface area contributed by atoms with Crippen molar-refractivity contribution < 1.29 is 0 Å². The monoisotopic (exact) mass is 216 g/mol. The van der Waals surface area contributed by atoms with E-state index in [4.69, 9.17) is 0 Å². The Balaban J connectivity index is 2.18. The van der Waals surface area contributed by atoms with Crippen LogP contribution in [0.15, 0.2) is 30.6 Å². The maximum absolute atomic E-state index is 4.18. The van der Waals surface area contributed by atoms with Crippen molar-refractivity contribution in [2.75, 3.05) is 11.9 Å². The van der Waals surface area contributed by atoms with Gasteiger partial charge in [-0.3, -0.25) is 0 Å². The molecule has 2 aromatic heterocycles. The van der Waals surface area contributed by atoms with E-state index in [9.17, 15) is 0 Å². The number of aromatic nitrogens is 3. The smallest absolute Gasteiger partial charge is 0.157 e. The highest BCUT2D eigenvalue weighted by Gasteiger charge is 2.02. The lowest BCUT2D eigenvalue weighted by molar-refractivity contribution is 0.934. The quantitative estimate of drug-likeness (QED) is 0.630. The molecular formula is C12H16N4. The Bertz CT molecular complexity index is 499. The summed E-state index contributed by atoms with van der Waals surface area (Å²) in [7, 11) is 0. The zero-order valence-electron chi connectivity index (χ0n) is 9.64. The molecule has 2 heterocycles. The molecule has 84 valence electrons. The summed E-state index contributed by atoms with van der Waals surface area (Å²) in [6, 6.07) is 4.10. The molecule has 0 saturated carbocycles. The van der Waals surface area contributed by atoms with E-state index in [0.29, 0.717) is 0 Å². The molecule has 2 rings (SSSR count). The summed E-state index contributed by atoms with van der Waals surface area (Å²) in [6.45, 7) is 5.00. The Morgan fingerprint density at radius 2 is 2.31 bits per heavy atom. The number of nitrogens with one attached hydrogen (secondary N) is 1. The zero-order valence-corrected chi connectivity index (χ0v) is 9.64. The van der Waals surface area contributed by atoms with Gasteiger partial charge in [-0.2, -0.15) is 9.61 Å². The molecule has 0 aromatic carbocycles. The molecule has 0 fully saturated rings. The summed E-state index contributed by atoms with van der Waals surface area (Å²) in [5.41, 5.74) is 2.07. The number of hydrogen-bond acceptors (Lipinski definition) is 3. The van der Waals surface area contributed by atoms with Crippen LogP contribution in [-0.4, -0.2) is 21.1 Å². The van der Waals surface area contributed by atoms with Gasteiger partial charge in [0.1, 0.15) is 12.1 Å². The molecule has 4 nitrogen and oxygen atoms in total. The van der Waals surface area contributed by atoms with Crippen molar-refractivity contribution in [1.82, 2.24) is 14.6 Å². The number of pyridine rings is 1. The highest BCUT2D eigenvalue weighted by Crippen LogP contribution is 2.12. The number of nitrogens with zero attached hydrogens (tertiary/aromatic N) is 3. The number of aryl methyl sites for hydroxylation is 1. The van der Waals surface area contributed by atoms with Crippen LogP contribution in [0, 0.1) is 6.92 Å². The highest BCUT2D eigenvalue weighted by molar-refractivity contribution is 5.51. The van der Waals surface area contributed by atoms with E-state index in [1.807, 2.05) is 17.5 Å². The molecule has 0 aliphatic heterocycles. The third-order valence-corrected chi connectivity index (χ3v) is 2.38. The lowest BCUT2D eigenvalue weighted by Gasteiger charge is -2.07. The number of fused-ring (bicyclic) bond motifs is 1. The first-order valence-electron chi connectivity index (χ1n) is 5.46. The van der Waals surface area contributed by atoms with E-state index in [1.165, 1.54) is 5.56 Å². The topological polar surface area (TPSA) is 42.2 Å². The van der Waals surface area contributed by atoms with Crippen molar-refractivity contribution in [3.63, 3.8) is 0 Å². The standard InChI is InChI=1S/C12H16N4/c1-3-4-5-6-13-11-7-10(2)8-12-14-9-15-16(11)12/h3-4,7-9,13H,5-6H2,1-2H3/b4-3+. The Morgan fingerprint density at radius 3 is 3.12 bits per heavy atom. The first kappa shape index (κ1) is 10.7. The Labute approximate surface area is 95.0 Å². The Hall–Kier alpha value is -1.84. The van der Waals surface area contributed by atoms with Gasteiger partial charge in [0.05, 0.1) is 0 Å². The van der Waals surface area contributed by atoms with Gasteiger partial charge in [0.15, 0.2) is 5.65 Å². The van der Waals surface area contributed by atoms with Crippen LogP contribution in [-0.2, 0) is 0 Å². The first-order valence-corrected chi connectivity index (χ1v) is 5.46. The van der Waals surface area contributed by atoms with Crippen LogP contribution in [0.3, 0.4) is 0 Å². The average Bonchev–Trinajstić information content (AvgIpc) is 2.72. The Morgan fingerprint density at radius 1 is 1.44 bits per heavy atom. The first-order chi connectivity index (χ1) is 7.81. The van der Waals surface area contributed by atoms with Gasteiger partial charge in [-0.1, -0.05) is 12.2 Å². The number of allylic oxidation sites excluding steroid dienone is 1. The summed E-state index contributed by atoms with van der Waals surface area (Å²) >= 11 is 0. The maximum Gasteiger partial charge on any atom is 0.157 e. The fraction of sp³-hybridized carbons (Fsp3) is 0.333. The lowest BCUT2D eigenvalue weighted by Crippen LogP contribution is -2.06. The van der Waals surface area contributed by atoms with Crippen LogP contribution in [0.5, 0.6) is 0 Å². The van der Waals surface area contributed by atoms with Crippen LogP contribution in [0.25, 0.3) is 5.65 Å². The van der Waals surface area contributed by atoms with Gasteiger partial charge in [0, 0.05) is 6.54 Å². The predicted octanol–water partition coefficient (Wildman–Crippen LogP) is 2.42. The van der Waals surface area contributed by atoms with Crippen LogP contribution in [0.4, 0.5) is 5.82 Å². The van der Waals surface area contributed by atoms with E-state index >= 15 is 0 Å². The number of rotatable bonds is 4. The van der Waals surface area contributed by atoms with Crippen molar-refractivity contribution in [1.29, 1.82) is 0 Å². The van der Waals surface area contributed by atoms with E-state index in [2.05, 4.69) is 40.5 Å². The van der Waals surface area contributed by atoms with E-state index in [1.54, 1.807) is 6.33 Å². The van der Waals surface area contributed by atoms with Crippen LogP contribution in [0.1, 0.15) is 18.9 Å². The minimum absolute atomic E-state index is 0.883. The second-order valence-corrected chi connectivity index (χ2v) is 3.73. The molecule has 4 heteroatoms. The molecule has 1 N–H and O–H groups in total. The van der Waals surface area contributed by atoms with Crippen molar-refractivity contribution in [3.8, 4) is 0 Å². The van der Waals surface area contributed by atoms with Gasteiger partial charge in [0.25, 0.3) is 0 Å². The molecular weight excluding hydrogens is 200 g/mol. The SMILES string of the molecule is C/C=C/CCNc1cc(C)cc2ncnn12. The van der Waals surface area contributed by atoms with Crippen molar-refractivity contribution in [2.45, 2.75) is 20.3 Å². The van der Waals surface area contributed by atoms with Crippen LogP contribution >= 0.6 is 0 Å². The number of hydrogen-bond donors (Lipinski definition) is 1. The van der Waals surface area contributed by atoms with Gasteiger partial charge < -0.3 is 5.32 Å². The summed E-state index contributed by atoms with van der Waals surface area (Å²) in [5.74, 6) is 0.997. The normalized spacial score (nSPS) is 11.4. The molecule has 0 unspecified atom stereocenters. The van der Waals surface area contributed by atoms with E-state index < -0.39 is 0 Å². The molecule has 0 spiro atoms. The fourth-order valence-electron chi connectivity index (χ4n) is 1.63. The summed E-state index contributed by atoms with van der Waals surface area (Å²) in [5, 5.41) is 7.54. The third-order valence-electron chi connectivity index (χ3n) is 2.38. The van der Waals surface area contributed by atoms with E-state index in [-0.39, 0.29) is 0 Å². The minimum Gasteiger partial charge on any atom is -0.370 e. The van der Waals surface area contributed by atoms with Crippen LogP contribution < -0.4 is 5.32 Å². The van der Waals surface area contributed by atoms with Gasteiger partial charge in [0.2, 0.25) is 0 Å². The third kappa shape index (κ3) is 2.21. The summed E-state index contributed by atoms with van der Waals surface area (Å²) in [6.07, 6.45) is 6.79. The lowest BCUT2D eigenvalue weighted by atomic mass is 10.3. The predicted molar refractivity (Wildman–Crippen MR) is 65.6 cm³/mol. The molecule has 0 aliphatic carbocycles. The molecule has 2 aromatic rings. The van der Waals surface area contributed by atoms with Crippen molar-refractivity contribution >= 4 is 11.5 Å². The average molecular weight is 216 g/mol. The zero-order chi connectivity index (χ0) is 11.4. The van der Waals surface area contributed by atoms with Gasteiger partial charge in [-0.05, 0) is 38.0 Å². The molecule has 0 bridgehead atoms. The van der Waals surface area contributed by atoms with Gasteiger partial charge in [-0.25, -0.2) is 4.98 Å². The second-order valence-electron chi connectivity index (χ2n) is 3.73. The van der Waals surface area contributed by atoms with Crippen molar-refractivity contribution in [2.24, 2.45) is 0 Å². The Kier molecular flexibility index (Phi) is 3.19. The largest absolute Gasteiger partial charge is 0.370 e. The van der Waals surface area contributed by atoms with Crippen molar-refractivity contribution in [3.05, 3.63) is 36.2 Å². The van der Waals surface area contributed by atoms with E-state index in [0.717, 1.165) is 24.4 Å². The molecule has 0 amide bonds. The summed E-state index contributed by atoms with van der Waals surface area (Å²) < 4.78 is 1.82. The number of anilines is 1. The molecule has 0 atom stereocenters. The molecule has 0 radical (unpaired) electrons. The summed E-state index contributed by atoms with van der Waals surface area (Å²) in [4.78, 5) is 4.18. The fourth-order valence-corrected chi connectivity index (χ4v) is 1.63. The maximum atomic E-state index is 4.18. The van der Waals surface area contributed by atoms with Crippen LogP contribution in [0.2, 0.25) is 0 Å². The minimum atomic E-state index is 0.883. The molecule has 16 heavy (non-hydrogen) atoms. The second kappa shape index (κ2) is 4.79. The highest BCUT2D eigenvalue weighted by atomic mass is 15.3. The van der Waals surface area contributed by atoms with Gasteiger partial charge in [-0.15, -0.1) is 0 Å². The molecule has 0 saturated heterocycles.